The van der Waals surface area contributed by atoms with Crippen molar-refractivity contribution in [1.82, 2.24) is 9.21 Å². The number of amides is 1. The minimum absolute atomic E-state index is 0.169. The zero-order chi connectivity index (χ0) is 22.4. The highest BCUT2D eigenvalue weighted by atomic mass is 32.2. The average molecular weight is 453 g/mol. The van der Waals surface area contributed by atoms with Crippen LogP contribution in [-0.2, 0) is 23.1 Å². The molecule has 6 nitrogen and oxygen atoms in total. The zero-order valence-electron chi connectivity index (χ0n) is 18.0. The molecule has 0 unspecified atom stereocenters. The second-order valence-corrected chi connectivity index (χ2v) is 10.0. The molecule has 0 N–H and O–H groups in total. The van der Waals surface area contributed by atoms with E-state index in [9.17, 15) is 13.2 Å². The first-order valence-electron chi connectivity index (χ1n) is 11.0. The van der Waals surface area contributed by atoms with Gasteiger partial charge in [-0.15, -0.1) is 0 Å². The van der Waals surface area contributed by atoms with Crippen molar-refractivity contribution >= 4 is 15.9 Å². The molecule has 1 fully saturated rings. The predicted octanol–water partition coefficient (Wildman–Crippen LogP) is 4.69. The van der Waals surface area contributed by atoms with Crippen LogP contribution in [0.2, 0.25) is 0 Å². The SMILES string of the molecule is O=C(c1cccc(S(=O)(=O)N2CCCCCC2)c1)N(Cc1ccccc1)Cc1ccco1. The molecule has 0 spiro atoms. The standard InChI is InChI=1S/C25H28N2O4S/c28-25(26(20-23-13-9-17-31-23)19-21-10-4-3-5-11-21)22-12-8-14-24(18-22)32(29,30)27-15-6-1-2-7-16-27/h3-5,8-14,17-18H,1-2,6-7,15-16,19-20H2. The van der Waals surface area contributed by atoms with E-state index in [2.05, 4.69) is 0 Å². The van der Waals surface area contributed by atoms with Gasteiger partial charge in [0.15, 0.2) is 0 Å². The molecule has 3 aromatic rings. The first-order valence-corrected chi connectivity index (χ1v) is 12.4. The lowest BCUT2D eigenvalue weighted by Crippen LogP contribution is -2.33. The Bertz CT molecular complexity index is 1120. The largest absolute Gasteiger partial charge is 0.467 e. The molecule has 1 aliphatic rings. The number of carbonyl (C=O) groups is 1. The molecule has 2 heterocycles. The molecule has 1 aliphatic heterocycles. The second-order valence-electron chi connectivity index (χ2n) is 8.07. The lowest BCUT2D eigenvalue weighted by Gasteiger charge is -2.23. The molecule has 0 saturated carbocycles. The van der Waals surface area contributed by atoms with Crippen molar-refractivity contribution < 1.29 is 17.6 Å². The van der Waals surface area contributed by atoms with Gasteiger partial charge in [-0.25, -0.2) is 8.42 Å². The number of hydrogen-bond acceptors (Lipinski definition) is 4. The summed E-state index contributed by atoms with van der Waals surface area (Å²) in [7, 11) is -3.63. The van der Waals surface area contributed by atoms with Crippen LogP contribution >= 0.6 is 0 Å². The van der Waals surface area contributed by atoms with E-state index in [4.69, 9.17) is 4.42 Å². The van der Waals surface area contributed by atoms with Gasteiger partial charge in [0.1, 0.15) is 5.76 Å². The smallest absolute Gasteiger partial charge is 0.254 e. The highest BCUT2D eigenvalue weighted by Gasteiger charge is 2.26. The summed E-state index contributed by atoms with van der Waals surface area (Å²) >= 11 is 0. The Morgan fingerprint density at radius 3 is 2.31 bits per heavy atom. The molecule has 7 heteroatoms. The molecular formula is C25H28N2O4S. The first kappa shape index (κ1) is 22.3. The van der Waals surface area contributed by atoms with E-state index >= 15 is 0 Å². The van der Waals surface area contributed by atoms with Gasteiger partial charge < -0.3 is 9.32 Å². The quantitative estimate of drug-likeness (QED) is 0.522. The number of benzene rings is 2. The molecule has 1 saturated heterocycles. The van der Waals surface area contributed by atoms with Crippen molar-refractivity contribution in [1.29, 1.82) is 0 Å². The Morgan fingerprint density at radius 1 is 0.875 bits per heavy atom. The summed E-state index contributed by atoms with van der Waals surface area (Å²) in [4.78, 5) is 15.3. The fraction of sp³-hybridized carbons (Fsp3) is 0.320. The molecule has 168 valence electrons. The fourth-order valence-corrected chi connectivity index (χ4v) is 5.56. The van der Waals surface area contributed by atoms with E-state index in [1.54, 1.807) is 39.7 Å². The van der Waals surface area contributed by atoms with Gasteiger partial charge in [-0.3, -0.25) is 4.79 Å². The van der Waals surface area contributed by atoms with Gasteiger partial charge in [-0.1, -0.05) is 49.2 Å². The van der Waals surface area contributed by atoms with Crippen LogP contribution < -0.4 is 0 Å². The normalized spacial score (nSPS) is 15.2. The molecule has 2 aromatic carbocycles. The van der Waals surface area contributed by atoms with Gasteiger partial charge in [0, 0.05) is 25.2 Å². The average Bonchev–Trinajstić information content (AvgIpc) is 3.17. The van der Waals surface area contributed by atoms with E-state index < -0.39 is 10.0 Å². The molecule has 0 bridgehead atoms. The Hall–Kier alpha value is -2.90. The van der Waals surface area contributed by atoms with E-state index in [0.717, 1.165) is 31.2 Å². The Morgan fingerprint density at radius 2 is 1.62 bits per heavy atom. The fourth-order valence-electron chi connectivity index (χ4n) is 4.00. The third-order valence-electron chi connectivity index (χ3n) is 5.71. The molecule has 0 atom stereocenters. The van der Waals surface area contributed by atoms with E-state index in [1.165, 1.54) is 6.07 Å². The maximum absolute atomic E-state index is 13.5. The van der Waals surface area contributed by atoms with Gasteiger partial charge in [0.2, 0.25) is 10.0 Å². The van der Waals surface area contributed by atoms with E-state index in [0.29, 0.717) is 37.5 Å². The zero-order valence-corrected chi connectivity index (χ0v) is 18.8. The second kappa shape index (κ2) is 10.1. The number of nitrogens with zero attached hydrogens (tertiary/aromatic N) is 2. The summed E-state index contributed by atoms with van der Waals surface area (Å²) in [5.41, 5.74) is 1.34. The van der Waals surface area contributed by atoms with Gasteiger partial charge in [0.05, 0.1) is 17.7 Å². The molecule has 32 heavy (non-hydrogen) atoms. The lowest BCUT2D eigenvalue weighted by atomic mass is 10.1. The Labute approximate surface area is 189 Å². The monoisotopic (exact) mass is 452 g/mol. The summed E-state index contributed by atoms with van der Waals surface area (Å²) in [5, 5.41) is 0. The maximum Gasteiger partial charge on any atom is 0.254 e. The Kier molecular flexibility index (Phi) is 7.07. The van der Waals surface area contributed by atoms with Crippen LogP contribution in [0.5, 0.6) is 0 Å². The third kappa shape index (κ3) is 5.29. The number of sulfonamides is 1. The van der Waals surface area contributed by atoms with Crippen LogP contribution in [0.3, 0.4) is 0 Å². The van der Waals surface area contributed by atoms with E-state index in [-0.39, 0.29) is 10.8 Å². The third-order valence-corrected chi connectivity index (χ3v) is 7.61. The first-order chi connectivity index (χ1) is 15.5. The molecule has 0 aliphatic carbocycles. The predicted molar refractivity (Wildman–Crippen MR) is 122 cm³/mol. The van der Waals surface area contributed by atoms with Crippen LogP contribution in [0.1, 0.15) is 47.4 Å². The molecule has 1 aromatic heterocycles. The van der Waals surface area contributed by atoms with Gasteiger partial charge in [0.25, 0.3) is 5.91 Å². The minimum Gasteiger partial charge on any atom is -0.467 e. The highest BCUT2D eigenvalue weighted by Crippen LogP contribution is 2.22. The van der Waals surface area contributed by atoms with Crippen molar-refractivity contribution in [3.05, 3.63) is 89.9 Å². The van der Waals surface area contributed by atoms with Gasteiger partial charge in [-0.2, -0.15) is 4.31 Å². The van der Waals surface area contributed by atoms with Crippen LogP contribution in [0.25, 0.3) is 0 Å². The number of hydrogen-bond donors (Lipinski definition) is 0. The minimum atomic E-state index is -3.63. The molecular weight excluding hydrogens is 424 g/mol. The summed E-state index contributed by atoms with van der Waals surface area (Å²) in [6.45, 7) is 1.74. The number of rotatable bonds is 7. The lowest BCUT2D eigenvalue weighted by molar-refractivity contribution is 0.0717. The maximum atomic E-state index is 13.5. The summed E-state index contributed by atoms with van der Waals surface area (Å²) in [6, 6.07) is 19.7. The van der Waals surface area contributed by atoms with Crippen LogP contribution in [-0.4, -0.2) is 36.6 Å². The highest BCUT2D eigenvalue weighted by molar-refractivity contribution is 7.89. The summed E-state index contributed by atoms with van der Waals surface area (Å²) in [6.07, 6.45) is 5.41. The van der Waals surface area contributed by atoms with Crippen molar-refractivity contribution in [2.75, 3.05) is 13.1 Å². The van der Waals surface area contributed by atoms with Gasteiger partial charge >= 0.3 is 0 Å². The van der Waals surface area contributed by atoms with Crippen molar-refractivity contribution in [2.45, 2.75) is 43.7 Å². The van der Waals surface area contributed by atoms with Crippen molar-refractivity contribution in [3.63, 3.8) is 0 Å². The number of furan rings is 1. The molecule has 4 rings (SSSR count). The van der Waals surface area contributed by atoms with Crippen LogP contribution in [0.4, 0.5) is 0 Å². The number of carbonyl (C=O) groups excluding carboxylic acids is 1. The summed E-state index contributed by atoms with van der Waals surface area (Å²) in [5.74, 6) is 0.431. The molecule has 0 radical (unpaired) electrons. The Balaban J connectivity index is 1.60. The topological polar surface area (TPSA) is 70.8 Å². The van der Waals surface area contributed by atoms with Gasteiger partial charge in [-0.05, 0) is 48.7 Å². The van der Waals surface area contributed by atoms with Crippen LogP contribution in [0.15, 0.2) is 82.3 Å². The van der Waals surface area contributed by atoms with Crippen LogP contribution in [0, 0.1) is 0 Å². The van der Waals surface area contributed by atoms with E-state index in [1.807, 2.05) is 36.4 Å². The van der Waals surface area contributed by atoms with Crippen molar-refractivity contribution in [2.24, 2.45) is 0 Å². The molecule has 1 amide bonds. The van der Waals surface area contributed by atoms with Crippen molar-refractivity contribution in [3.8, 4) is 0 Å². The summed E-state index contributed by atoms with van der Waals surface area (Å²) < 4.78 is 33.4.